The van der Waals surface area contributed by atoms with E-state index in [9.17, 15) is 0 Å². The summed E-state index contributed by atoms with van der Waals surface area (Å²) in [6, 6.07) is 0. The Bertz CT molecular complexity index is 292. The average molecular weight is 227 g/mol. The van der Waals surface area contributed by atoms with Crippen molar-refractivity contribution in [2.45, 2.75) is 58.9 Å². The van der Waals surface area contributed by atoms with Crippen LogP contribution in [0.15, 0.2) is 0 Å². The van der Waals surface area contributed by atoms with Crippen molar-refractivity contribution in [2.24, 2.45) is 0 Å². The Balaban J connectivity index is 2.63. The lowest BCUT2D eigenvalue weighted by Gasteiger charge is -2.27. The van der Waals surface area contributed by atoms with Crippen molar-refractivity contribution in [3.05, 3.63) is 5.82 Å². The second-order valence-corrected chi connectivity index (χ2v) is 4.91. The molecule has 0 bridgehead atoms. The maximum atomic E-state index is 4.48. The van der Waals surface area contributed by atoms with Crippen LogP contribution in [0, 0.1) is 0 Å². The Kier molecular flexibility index (Phi) is 4.51. The van der Waals surface area contributed by atoms with Crippen molar-refractivity contribution in [3.63, 3.8) is 0 Å². The first-order valence-corrected chi connectivity index (χ1v) is 6.51. The number of rotatable bonds is 6. The SMILES string of the molecule is CCCc1nsc(NC(C)(CC)CC)n1. The fourth-order valence-corrected chi connectivity index (χ4v) is 2.08. The minimum absolute atomic E-state index is 0.156. The second-order valence-electron chi connectivity index (χ2n) is 4.16. The van der Waals surface area contributed by atoms with Gasteiger partial charge in [-0.15, -0.1) is 0 Å². The van der Waals surface area contributed by atoms with Crippen molar-refractivity contribution < 1.29 is 0 Å². The highest BCUT2D eigenvalue weighted by Gasteiger charge is 2.20. The Morgan fingerprint density at radius 1 is 1.27 bits per heavy atom. The predicted octanol–water partition coefficient (Wildman–Crippen LogP) is 3.48. The maximum absolute atomic E-state index is 4.48. The van der Waals surface area contributed by atoms with Crippen LogP contribution in [0.4, 0.5) is 5.13 Å². The molecule has 3 nitrogen and oxygen atoms in total. The lowest BCUT2D eigenvalue weighted by atomic mass is 9.96. The van der Waals surface area contributed by atoms with E-state index in [0.717, 1.165) is 36.6 Å². The summed E-state index contributed by atoms with van der Waals surface area (Å²) in [6.45, 7) is 8.78. The van der Waals surface area contributed by atoms with Crippen molar-refractivity contribution in [1.82, 2.24) is 9.36 Å². The first kappa shape index (κ1) is 12.4. The smallest absolute Gasteiger partial charge is 0.202 e. The van der Waals surface area contributed by atoms with Gasteiger partial charge < -0.3 is 5.32 Å². The summed E-state index contributed by atoms with van der Waals surface area (Å²) in [5.74, 6) is 0.972. The first-order chi connectivity index (χ1) is 7.13. The average Bonchev–Trinajstić information content (AvgIpc) is 2.66. The summed E-state index contributed by atoms with van der Waals surface area (Å²) in [5.41, 5.74) is 0.156. The van der Waals surface area contributed by atoms with E-state index in [-0.39, 0.29) is 5.54 Å². The van der Waals surface area contributed by atoms with Crippen molar-refractivity contribution in [1.29, 1.82) is 0 Å². The monoisotopic (exact) mass is 227 g/mol. The Morgan fingerprint density at radius 2 is 1.93 bits per heavy atom. The molecule has 0 unspecified atom stereocenters. The van der Waals surface area contributed by atoms with Gasteiger partial charge in [-0.25, -0.2) is 4.98 Å². The fraction of sp³-hybridized carbons (Fsp3) is 0.818. The molecule has 0 fully saturated rings. The van der Waals surface area contributed by atoms with E-state index in [1.807, 2.05) is 0 Å². The number of hydrogen-bond acceptors (Lipinski definition) is 4. The number of hydrogen-bond donors (Lipinski definition) is 1. The molecule has 0 aliphatic heterocycles. The highest BCUT2D eigenvalue weighted by atomic mass is 32.1. The quantitative estimate of drug-likeness (QED) is 0.808. The third-order valence-corrected chi connectivity index (χ3v) is 3.58. The lowest BCUT2D eigenvalue weighted by molar-refractivity contribution is 0.478. The Morgan fingerprint density at radius 3 is 2.47 bits per heavy atom. The van der Waals surface area contributed by atoms with Gasteiger partial charge in [0, 0.05) is 23.5 Å². The van der Waals surface area contributed by atoms with Crippen molar-refractivity contribution in [2.75, 3.05) is 5.32 Å². The van der Waals surface area contributed by atoms with E-state index in [4.69, 9.17) is 0 Å². The molecule has 1 rings (SSSR count). The van der Waals surface area contributed by atoms with Crippen LogP contribution in [-0.4, -0.2) is 14.9 Å². The van der Waals surface area contributed by atoms with Gasteiger partial charge in [0.1, 0.15) is 5.82 Å². The largest absolute Gasteiger partial charge is 0.355 e. The molecule has 0 atom stereocenters. The predicted molar refractivity (Wildman–Crippen MR) is 66.5 cm³/mol. The normalized spacial score (nSPS) is 11.7. The van der Waals surface area contributed by atoms with Gasteiger partial charge in [0.25, 0.3) is 0 Å². The van der Waals surface area contributed by atoms with Gasteiger partial charge in [0.2, 0.25) is 5.13 Å². The molecule has 1 N–H and O–H groups in total. The van der Waals surface area contributed by atoms with Crippen LogP contribution in [0.1, 0.15) is 52.8 Å². The maximum Gasteiger partial charge on any atom is 0.202 e. The van der Waals surface area contributed by atoms with E-state index in [1.165, 1.54) is 11.5 Å². The minimum atomic E-state index is 0.156. The first-order valence-electron chi connectivity index (χ1n) is 5.74. The van der Waals surface area contributed by atoms with Gasteiger partial charge >= 0.3 is 0 Å². The van der Waals surface area contributed by atoms with Crippen molar-refractivity contribution >= 4 is 16.7 Å². The van der Waals surface area contributed by atoms with E-state index in [2.05, 4.69) is 42.4 Å². The van der Waals surface area contributed by atoms with E-state index in [1.54, 1.807) is 0 Å². The zero-order valence-corrected chi connectivity index (χ0v) is 10.9. The molecule has 86 valence electrons. The highest BCUT2D eigenvalue weighted by molar-refractivity contribution is 7.09. The van der Waals surface area contributed by atoms with E-state index >= 15 is 0 Å². The van der Waals surface area contributed by atoms with Gasteiger partial charge in [0.15, 0.2) is 0 Å². The van der Waals surface area contributed by atoms with Crippen LogP contribution in [0.5, 0.6) is 0 Å². The van der Waals surface area contributed by atoms with Crippen LogP contribution in [0.25, 0.3) is 0 Å². The summed E-state index contributed by atoms with van der Waals surface area (Å²) >= 11 is 1.47. The van der Waals surface area contributed by atoms with Crippen LogP contribution in [-0.2, 0) is 6.42 Å². The van der Waals surface area contributed by atoms with Crippen LogP contribution < -0.4 is 5.32 Å². The molecule has 0 aliphatic rings. The fourth-order valence-electron chi connectivity index (χ4n) is 1.31. The molecule has 0 aliphatic carbocycles. The number of aryl methyl sites for hydroxylation is 1. The molecule has 1 aromatic rings. The second kappa shape index (κ2) is 5.45. The third-order valence-electron chi connectivity index (χ3n) is 2.91. The minimum Gasteiger partial charge on any atom is -0.355 e. The van der Waals surface area contributed by atoms with Crippen LogP contribution in [0.3, 0.4) is 0 Å². The van der Waals surface area contributed by atoms with Gasteiger partial charge in [-0.05, 0) is 26.2 Å². The standard InChI is InChI=1S/C11H21N3S/c1-5-8-9-12-10(15-14-9)13-11(4,6-2)7-3/h5-8H2,1-4H3,(H,12,13,14). The molecular weight excluding hydrogens is 206 g/mol. The van der Waals surface area contributed by atoms with E-state index < -0.39 is 0 Å². The number of anilines is 1. The Labute approximate surface area is 96.5 Å². The summed E-state index contributed by atoms with van der Waals surface area (Å²) in [7, 11) is 0. The van der Waals surface area contributed by atoms with E-state index in [0.29, 0.717) is 0 Å². The molecule has 4 heteroatoms. The lowest BCUT2D eigenvalue weighted by Crippen LogP contribution is -2.32. The molecule has 0 saturated carbocycles. The molecule has 15 heavy (non-hydrogen) atoms. The molecule has 1 heterocycles. The molecule has 0 spiro atoms. The highest BCUT2D eigenvalue weighted by Crippen LogP contribution is 2.22. The molecule has 1 aromatic heterocycles. The van der Waals surface area contributed by atoms with Crippen molar-refractivity contribution in [3.8, 4) is 0 Å². The molecule has 0 saturated heterocycles. The zero-order chi connectivity index (χ0) is 11.3. The number of nitrogens with zero attached hydrogens (tertiary/aromatic N) is 2. The van der Waals surface area contributed by atoms with Gasteiger partial charge in [-0.3, -0.25) is 0 Å². The van der Waals surface area contributed by atoms with Gasteiger partial charge in [-0.2, -0.15) is 4.37 Å². The van der Waals surface area contributed by atoms with Crippen LogP contribution in [0.2, 0.25) is 0 Å². The topological polar surface area (TPSA) is 37.8 Å². The summed E-state index contributed by atoms with van der Waals surface area (Å²) < 4.78 is 4.33. The third kappa shape index (κ3) is 3.45. The number of aromatic nitrogens is 2. The van der Waals surface area contributed by atoms with Gasteiger partial charge in [0.05, 0.1) is 0 Å². The summed E-state index contributed by atoms with van der Waals surface area (Å²) in [6.07, 6.45) is 4.29. The van der Waals surface area contributed by atoms with Crippen LogP contribution >= 0.6 is 11.5 Å². The summed E-state index contributed by atoms with van der Waals surface area (Å²) in [5, 5.41) is 4.44. The molecule has 0 radical (unpaired) electrons. The summed E-state index contributed by atoms with van der Waals surface area (Å²) in [4.78, 5) is 4.48. The van der Waals surface area contributed by atoms with Gasteiger partial charge in [-0.1, -0.05) is 20.8 Å². The Hall–Kier alpha value is -0.640. The number of nitrogens with one attached hydrogen (secondary N) is 1. The molecule has 0 aromatic carbocycles. The molecular formula is C11H21N3S. The zero-order valence-electron chi connectivity index (χ0n) is 10.1. The molecule has 0 amide bonds.